The Morgan fingerprint density at radius 3 is 2.28 bits per heavy atom. The van der Waals surface area contributed by atoms with Gasteiger partial charge in [0.2, 0.25) is 10.0 Å². The maximum atomic E-state index is 12.7. The highest BCUT2D eigenvalue weighted by atomic mass is 32.2. The van der Waals surface area contributed by atoms with E-state index in [2.05, 4.69) is 11.8 Å². The maximum absolute atomic E-state index is 12.7. The van der Waals surface area contributed by atoms with Crippen LogP contribution in [0.3, 0.4) is 0 Å². The average Bonchev–Trinajstić information content (AvgIpc) is 2.47. The zero-order valence-electron chi connectivity index (χ0n) is 15.7. The SMILES string of the molecule is CCSCCN1CC(S(=O)(=O)N2CCN(C(=O)OC(C)(C)C)CC2)C1. The lowest BCUT2D eigenvalue weighted by Gasteiger charge is -2.42. The summed E-state index contributed by atoms with van der Waals surface area (Å²) >= 11 is 1.88. The summed E-state index contributed by atoms with van der Waals surface area (Å²) in [4.78, 5) is 15.9. The number of thioether (sulfide) groups is 1. The summed E-state index contributed by atoms with van der Waals surface area (Å²) in [6.07, 6.45) is -0.368. The van der Waals surface area contributed by atoms with Gasteiger partial charge in [0.15, 0.2) is 0 Å². The first kappa shape index (κ1) is 20.8. The maximum Gasteiger partial charge on any atom is 0.410 e. The van der Waals surface area contributed by atoms with Gasteiger partial charge in [-0.3, -0.25) is 4.90 Å². The number of hydrogen-bond acceptors (Lipinski definition) is 6. The summed E-state index contributed by atoms with van der Waals surface area (Å²) < 4.78 is 32.3. The van der Waals surface area contributed by atoms with Crippen molar-refractivity contribution in [1.82, 2.24) is 14.1 Å². The normalized spacial score (nSPS) is 21.2. The second kappa shape index (κ2) is 8.45. The minimum atomic E-state index is -3.27. The van der Waals surface area contributed by atoms with Crippen LogP contribution in [0.2, 0.25) is 0 Å². The molecule has 0 aliphatic carbocycles. The number of sulfonamides is 1. The molecular formula is C16H31N3O4S2. The van der Waals surface area contributed by atoms with E-state index in [0.29, 0.717) is 39.3 Å². The molecule has 0 aromatic heterocycles. The van der Waals surface area contributed by atoms with Gasteiger partial charge in [0.25, 0.3) is 0 Å². The molecule has 0 aromatic rings. The Morgan fingerprint density at radius 2 is 1.76 bits per heavy atom. The standard InChI is InChI=1S/C16H31N3O4S2/c1-5-24-11-10-17-12-14(13-17)25(21,22)19-8-6-18(7-9-19)15(20)23-16(2,3)4/h14H,5-13H2,1-4H3. The van der Waals surface area contributed by atoms with Crippen LogP contribution in [0.25, 0.3) is 0 Å². The fourth-order valence-electron chi connectivity index (χ4n) is 2.89. The molecule has 25 heavy (non-hydrogen) atoms. The third-order valence-electron chi connectivity index (χ3n) is 4.35. The van der Waals surface area contributed by atoms with E-state index in [-0.39, 0.29) is 11.3 Å². The van der Waals surface area contributed by atoms with Crippen LogP contribution in [0, 0.1) is 0 Å². The lowest BCUT2D eigenvalue weighted by atomic mass is 10.2. The van der Waals surface area contributed by atoms with Gasteiger partial charge in [-0.25, -0.2) is 13.2 Å². The van der Waals surface area contributed by atoms with Crippen LogP contribution in [-0.4, -0.2) is 96.8 Å². The van der Waals surface area contributed by atoms with E-state index in [0.717, 1.165) is 18.1 Å². The Kier molecular flexibility index (Phi) is 7.03. The first-order chi connectivity index (χ1) is 11.6. The Hall–Kier alpha value is -0.510. The van der Waals surface area contributed by atoms with Gasteiger partial charge >= 0.3 is 6.09 Å². The van der Waals surface area contributed by atoms with Crippen molar-refractivity contribution >= 4 is 27.9 Å². The molecule has 0 saturated carbocycles. The van der Waals surface area contributed by atoms with Crippen molar-refractivity contribution < 1.29 is 17.9 Å². The van der Waals surface area contributed by atoms with Crippen molar-refractivity contribution in [1.29, 1.82) is 0 Å². The van der Waals surface area contributed by atoms with Crippen LogP contribution in [0.15, 0.2) is 0 Å². The van der Waals surface area contributed by atoms with Crippen molar-refractivity contribution in [3.8, 4) is 0 Å². The Bertz CT molecular complexity index is 548. The lowest BCUT2D eigenvalue weighted by molar-refractivity contribution is 0.0191. The number of amides is 1. The average molecular weight is 394 g/mol. The summed E-state index contributed by atoms with van der Waals surface area (Å²) in [5, 5.41) is -0.299. The molecule has 2 heterocycles. The van der Waals surface area contributed by atoms with Gasteiger partial charge in [0, 0.05) is 51.6 Å². The van der Waals surface area contributed by atoms with Gasteiger partial charge in [-0.05, 0) is 26.5 Å². The summed E-state index contributed by atoms with van der Waals surface area (Å²) in [5.41, 5.74) is -0.536. The topological polar surface area (TPSA) is 70.2 Å². The lowest BCUT2D eigenvalue weighted by Crippen LogP contribution is -2.61. The largest absolute Gasteiger partial charge is 0.444 e. The smallest absolute Gasteiger partial charge is 0.410 e. The molecule has 2 fully saturated rings. The molecule has 0 atom stereocenters. The predicted octanol–water partition coefficient (Wildman–Crippen LogP) is 1.31. The molecule has 0 radical (unpaired) electrons. The molecular weight excluding hydrogens is 362 g/mol. The van der Waals surface area contributed by atoms with Gasteiger partial charge in [-0.15, -0.1) is 0 Å². The Labute approximate surface area is 156 Å². The Balaban J connectivity index is 1.77. The van der Waals surface area contributed by atoms with Crippen LogP contribution >= 0.6 is 11.8 Å². The number of nitrogens with zero attached hydrogens (tertiary/aromatic N) is 3. The van der Waals surface area contributed by atoms with Crippen LogP contribution < -0.4 is 0 Å². The van der Waals surface area contributed by atoms with Gasteiger partial charge in [0.1, 0.15) is 10.9 Å². The number of rotatable bonds is 6. The van der Waals surface area contributed by atoms with E-state index in [4.69, 9.17) is 4.74 Å². The summed E-state index contributed by atoms with van der Waals surface area (Å²) in [6, 6.07) is 0. The van der Waals surface area contributed by atoms with Gasteiger partial charge in [-0.2, -0.15) is 16.1 Å². The minimum absolute atomic E-state index is 0.299. The first-order valence-corrected chi connectivity index (χ1v) is 11.6. The van der Waals surface area contributed by atoms with Crippen LogP contribution in [0.1, 0.15) is 27.7 Å². The Morgan fingerprint density at radius 1 is 1.16 bits per heavy atom. The van der Waals surface area contributed by atoms with E-state index in [1.54, 1.807) is 4.90 Å². The number of ether oxygens (including phenoxy) is 1. The molecule has 0 aromatic carbocycles. The number of hydrogen-bond donors (Lipinski definition) is 0. The quantitative estimate of drug-likeness (QED) is 0.634. The fraction of sp³-hybridized carbons (Fsp3) is 0.938. The molecule has 7 nitrogen and oxygen atoms in total. The third kappa shape index (κ3) is 5.74. The molecule has 2 aliphatic heterocycles. The molecule has 0 spiro atoms. The highest BCUT2D eigenvalue weighted by Crippen LogP contribution is 2.22. The van der Waals surface area contributed by atoms with E-state index >= 15 is 0 Å². The van der Waals surface area contributed by atoms with Crippen molar-refractivity contribution in [3.05, 3.63) is 0 Å². The van der Waals surface area contributed by atoms with Crippen molar-refractivity contribution in [2.45, 2.75) is 38.5 Å². The monoisotopic (exact) mass is 393 g/mol. The van der Waals surface area contributed by atoms with Crippen LogP contribution in [0.4, 0.5) is 4.79 Å². The van der Waals surface area contributed by atoms with Crippen LogP contribution in [0.5, 0.6) is 0 Å². The highest BCUT2D eigenvalue weighted by Gasteiger charge is 2.41. The molecule has 2 aliphatic rings. The zero-order chi connectivity index (χ0) is 18.7. The van der Waals surface area contributed by atoms with Crippen LogP contribution in [-0.2, 0) is 14.8 Å². The van der Waals surface area contributed by atoms with Crippen molar-refractivity contribution in [2.24, 2.45) is 0 Å². The fourth-order valence-corrected chi connectivity index (χ4v) is 5.46. The third-order valence-corrected chi connectivity index (χ3v) is 7.46. The first-order valence-electron chi connectivity index (χ1n) is 8.90. The van der Waals surface area contributed by atoms with E-state index in [1.165, 1.54) is 4.31 Å². The summed E-state index contributed by atoms with van der Waals surface area (Å²) in [7, 11) is -3.27. The van der Waals surface area contributed by atoms with Crippen molar-refractivity contribution in [2.75, 3.05) is 57.3 Å². The second-order valence-electron chi connectivity index (χ2n) is 7.49. The van der Waals surface area contributed by atoms with E-state index in [1.807, 2.05) is 32.5 Å². The molecule has 9 heteroatoms. The summed E-state index contributed by atoms with van der Waals surface area (Å²) in [6.45, 7) is 11.3. The van der Waals surface area contributed by atoms with Gasteiger partial charge in [0.05, 0.1) is 0 Å². The molecule has 2 rings (SSSR count). The number of piperazine rings is 1. The molecule has 0 N–H and O–H groups in total. The number of likely N-dealkylation sites (tertiary alicyclic amines) is 1. The second-order valence-corrected chi connectivity index (χ2v) is 11.1. The molecule has 2 saturated heterocycles. The van der Waals surface area contributed by atoms with Gasteiger partial charge in [-0.1, -0.05) is 6.92 Å². The summed E-state index contributed by atoms with van der Waals surface area (Å²) in [5.74, 6) is 2.15. The van der Waals surface area contributed by atoms with Crippen molar-refractivity contribution in [3.63, 3.8) is 0 Å². The zero-order valence-corrected chi connectivity index (χ0v) is 17.4. The number of carbonyl (C=O) groups is 1. The van der Waals surface area contributed by atoms with E-state index in [9.17, 15) is 13.2 Å². The predicted molar refractivity (Wildman–Crippen MR) is 102 cm³/mol. The molecule has 1 amide bonds. The highest BCUT2D eigenvalue weighted by molar-refractivity contribution is 7.99. The number of carbonyl (C=O) groups excluding carboxylic acids is 1. The molecule has 0 bridgehead atoms. The van der Waals surface area contributed by atoms with Gasteiger partial charge < -0.3 is 9.64 Å². The molecule has 146 valence electrons. The van der Waals surface area contributed by atoms with E-state index < -0.39 is 15.6 Å². The molecule has 0 unspecified atom stereocenters. The minimum Gasteiger partial charge on any atom is -0.444 e.